The third kappa shape index (κ3) is 3.98. The van der Waals surface area contributed by atoms with E-state index in [0.29, 0.717) is 5.92 Å². The molecule has 2 aromatic rings. The first kappa shape index (κ1) is 16.3. The van der Waals surface area contributed by atoms with Gasteiger partial charge >= 0.3 is 0 Å². The van der Waals surface area contributed by atoms with E-state index in [0.717, 1.165) is 40.0 Å². The molecule has 21 heavy (non-hydrogen) atoms. The standard InChI is InChI=1S/C15H15ClN2OS.ClH/c16-12-3-1-11(2-4-12)13-5-6-14(20-13)15(19)18-9-10-7-17-8-10;/h1-6,10,17H,7-9H2,(H,18,19);1H. The molecule has 0 radical (unpaired) electrons. The molecule has 3 rings (SSSR count). The van der Waals surface area contributed by atoms with Crippen LogP contribution < -0.4 is 10.6 Å². The maximum Gasteiger partial charge on any atom is 0.261 e. The van der Waals surface area contributed by atoms with Crippen LogP contribution in [0.25, 0.3) is 10.4 Å². The molecule has 6 heteroatoms. The van der Waals surface area contributed by atoms with Gasteiger partial charge in [0, 0.05) is 35.5 Å². The summed E-state index contributed by atoms with van der Waals surface area (Å²) in [6.07, 6.45) is 0. The summed E-state index contributed by atoms with van der Waals surface area (Å²) in [4.78, 5) is 13.9. The van der Waals surface area contributed by atoms with E-state index < -0.39 is 0 Å². The molecule has 1 aliphatic heterocycles. The van der Waals surface area contributed by atoms with Gasteiger partial charge in [0.25, 0.3) is 5.91 Å². The summed E-state index contributed by atoms with van der Waals surface area (Å²) < 4.78 is 0. The van der Waals surface area contributed by atoms with Gasteiger partial charge in [0.2, 0.25) is 0 Å². The van der Waals surface area contributed by atoms with Crippen LogP contribution in [-0.2, 0) is 0 Å². The molecule has 3 nitrogen and oxygen atoms in total. The number of nitrogens with one attached hydrogen (secondary N) is 2. The molecule has 0 bridgehead atoms. The maximum absolute atomic E-state index is 12.0. The average molecular weight is 343 g/mol. The van der Waals surface area contributed by atoms with Crippen molar-refractivity contribution in [1.29, 1.82) is 0 Å². The van der Waals surface area contributed by atoms with Crippen LogP contribution in [0.5, 0.6) is 0 Å². The predicted molar refractivity (Wildman–Crippen MR) is 90.7 cm³/mol. The van der Waals surface area contributed by atoms with E-state index in [2.05, 4.69) is 10.6 Å². The summed E-state index contributed by atoms with van der Waals surface area (Å²) in [5.74, 6) is 0.594. The molecule has 1 amide bonds. The first-order valence-corrected chi connectivity index (χ1v) is 7.76. The van der Waals surface area contributed by atoms with Gasteiger partial charge in [-0.15, -0.1) is 23.7 Å². The van der Waals surface area contributed by atoms with Crippen molar-refractivity contribution in [3.63, 3.8) is 0 Å². The Labute approximate surface area is 139 Å². The molecular formula is C15H16Cl2N2OS. The highest BCUT2D eigenvalue weighted by atomic mass is 35.5. The van der Waals surface area contributed by atoms with Crippen molar-refractivity contribution in [2.24, 2.45) is 5.92 Å². The Bertz CT molecular complexity index is 608. The number of carbonyl (C=O) groups excluding carboxylic acids is 1. The summed E-state index contributed by atoms with van der Waals surface area (Å²) in [6.45, 7) is 2.75. The fraction of sp³-hybridized carbons (Fsp3) is 0.267. The first-order chi connectivity index (χ1) is 9.72. The van der Waals surface area contributed by atoms with Crippen molar-refractivity contribution in [3.8, 4) is 10.4 Å². The zero-order valence-corrected chi connectivity index (χ0v) is 13.7. The number of hydrogen-bond donors (Lipinski definition) is 2. The minimum atomic E-state index is 0. The molecule has 2 N–H and O–H groups in total. The quantitative estimate of drug-likeness (QED) is 0.893. The van der Waals surface area contributed by atoms with Gasteiger partial charge < -0.3 is 10.6 Å². The van der Waals surface area contributed by atoms with Crippen molar-refractivity contribution in [3.05, 3.63) is 46.3 Å². The van der Waals surface area contributed by atoms with E-state index in [1.807, 2.05) is 36.4 Å². The van der Waals surface area contributed by atoms with Gasteiger partial charge in [0.15, 0.2) is 0 Å². The van der Waals surface area contributed by atoms with Crippen LogP contribution in [0.1, 0.15) is 9.67 Å². The molecule has 1 saturated heterocycles. The smallest absolute Gasteiger partial charge is 0.261 e. The summed E-state index contributed by atoms with van der Waals surface area (Å²) in [5.41, 5.74) is 1.08. The van der Waals surface area contributed by atoms with Crippen LogP contribution in [-0.4, -0.2) is 25.5 Å². The number of benzene rings is 1. The summed E-state index contributed by atoms with van der Waals surface area (Å²) in [7, 11) is 0. The fourth-order valence-corrected chi connectivity index (χ4v) is 3.10. The zero-order chi connectivity index (χ0) is 13.9. The van der Waals surface area contributed by atoms with Crippen molar-refractivity contribution < 1.29 is 4.79 Å². The number of thiophene rings is 1. The molecule has 1 aliphatic rings. The molecule has 0 atom stereocenters. The van der Waals surface area contributed by atoms with Crippen LogP contribution in [0, 0.1) is 5.92 Å². The molecule has 1 fully saturated rings. The Balaban J connectivity index is 0.00000161. The van der Waals surface area contributed by atoms with Crippen molar-refractivity contribution >= 4 is 41.3 Å². The van der Waals surface area contributed by atoms with E-state index in [4.69, 9.17) is 11.6 Å². The van der Waals surface area contributed by atoms with Gasteiger partial charge in [-0.3, -0.25) is 4.79 Å². The largest absolute Gasteiger partial charge is 0.351 e. The number of carbonyl (C=O) groups is 1. The first-order valence-electron chi connectivity index (χ1n) is 6.57. The lowest BCUT2D eigenvalue weighted by Gasteiger charge is -2.26. The lowest BCUT2D eigenvalue weighted by atomic mass is 10.0. The highest BCUT2D eigenvalue weighted by molar-refractivity contribution is 7.17. The molecule has 1 aromatic carbocycles. The van der Waals surface area contributed by atoms with Crippen molar-refractivity contribution in [2.45, 2.75) is 0 Å². The van der Waals surface area contributed by atoms with E-state index >= 15 is 0 Å². The Hall–Kier alpha value is -1.07. The van der Waals surface area contributed by atoms with Gasteiger partial charge in [-0.1, -0.05) is 23.7 Å². The van der Waals surface area contributed by atoms with Gasteiger partial charge in [0.05, 0.1) is 4.88 Å². The Morgan fingerprint density at radius 3 is 2.57 bits per heavy atom. The van der Waals surface area contributed by atoms with Crippen LogP contribution in [0.4, 0.5) is 0 Å². The second kappa shape index (κ2) is 7.27. The fourth-order valence-electron chi connectivity index (χ4n) is 2.05. The second-order valence-corrected chi connectivity index (χ2v) is 6.43. The molecular weight excluding hydrogens is 327 g/mol. The number of amides is 1. The Kier molecular flexibility index (Phi) is 5.65. The van der Waals surface area contributed by atoms with E-state index in [-0.39, 0.29) is 18.3 Å². The highest BCUT2D eigenvalue weighted by Crippen LogP contribution is 2.29. The number of hydrogen-bond acceptors (Lipinski definition) is 3. The topological polar surface area (TPSA) is 41.1 Å². The minimum Gasteiger partial charge on any atom is -0.351 e. The Morgan fingerprint density at radius 1 is 1.24 bits per heavy atom. The summed E-state index contributed by atoms with van der Waals surface area (Å²) >= 11 is 7.39. The molecule has 0 saturated carbocycles. The second-order valence-electron chi connectivity index (χ2n) is 4.91. The van der Waals surface area contributed by atoms with E-state index in [9.17, 15) is 4.79 Å². The molecule has 0 aliphatic carbocycles. The monoisotopic (exact) mass is 342 g/mol. The number of halogens is 2. The van der Waals surface area contributed by atoms with E-state index in [1.165, 1.54) is 11.3 Å². The number of rotatable bonds is 4. The van der Waals surface area contributed by atoms with E-state index in [1.54, 1.807) is 0 Å². The van der Waals surface area contributed by atoms with Crippen LogP contribution >= 0.6 is 35.3 Å². The lowest BCUT2D eigenvalue weighted by Crippen LogP contribution is -2.48. The third-order valence-corrected chi connectivity index (χ3v) is 4.76. The normalized spacial score (nSPS) is 14.1. The lowest BCUT2D eigenvalue weighted by molar-refractivity contribution is 0.0946. The van der Waals surface area contributed by atoms with Gasteiger partial charge in [-0.05, 0) is 29.8 Å². The zero-order valence-electron chi connectivity index (χ0n) is 11.3. The summed E-state index contributed by atoms with van der Waals surface area (Å²) in [5, 5.41) is 6.90. The maximum atomic E-state index is 12.0. The molecule has 1 aromatic heterocycles. The molecule has 112 valence electrons. The summed E-state index contributed by atoms with van der Waals surface area (Å²) in [6, 6.07) is 11.5. The molecule has 2 heterocycles. The SMILES string of the molecule is Cl.O=C(NCC1CNC1)c1ccc(-c2ccc(Cl)cc2)s1. The molecule has 0 unspecified atom stereocenters. The third-order valence-electron chi connectivity index (χ3n) is 3.38. The van der Waals surface area contributed by atoms with Crippen molar-refractivity contribution in [1.82, 2.24) is 10.6 Å². The van der Waals surface area contributed by atoms with Crippen molar-refractivity contribution in [2.75, 3.05) is 19.6 Å². The van der Waals surface area contributed by atoms with Gasteiger partial charge in [0.1, 0.15) is 0 Å². The van der Waals surface area contributed by atoms with Crippen LogP contribution in [0.3, 0.4) is 0 Å². The highest BCUT2D eigenvalue weighted by Gasteiger charge is 2.18. The van der Waals surface area contributed by atoms with Crippen LogP contribution in [0.15, 0.2) is 36.4 Å². The Morgan fingerprint density at radius 2 is 1.95 bits per heavy atom. The molecule has 0 spiro atoms. The average Bonchev–Trinajstić information content (AvgIpc) is 2.87. The minimum absolute atomic E-state index is 0. The van der Waals surface area contributed by atoms with Gasteiger partial charge in [-0.2, -0.15) is 0 Å². The van der Waals surface area contributed by atoms with Gasteiger partial charge in [-0.25, -0.2) is 0 Å². The predicted octanol–water partition coefficient (Wildman–Crippen LogP) is 3.44. The van der Waals surface area contributed by atoms with Crippen LogP contribution in [0.2, 0.25) is 5.02 Å².